The predicted molar refractivity (Wildman–Crippen MR) is 97.9 cm³/mol. The molecule has 0 saturated heterocycles. The number of benzene rings is 2. The predicted octanol–water partition coefficient (Wildman–Crippen LogP) is 3.67. The van der Waals surface area contributed by atoms with Gasteiger partial charge in [-0.15, -0.1) is 0 Å². The summed E-state index contributed by atoms with van der Waals surface area (Å²) in [7, 11) is 0. The maximum absolute atomic E-state index is 13.2. The minimum atomic E-state index is -0.999. The fraction of sp³-hybridized carbons (Fsp3) is 0.300. The molecule has 0 saturated carbocycles. The van der Waals surface area contributed by atoms with E-state index in [1.807, 2.05) is 25.1 Å². The van der Waals surface area contributed by atoms with E-state index >= 15 is 0 Å². The summed E-state index contributed by atoms with van der Waals surface area (Å²) in [6, 6.07) is 11.3. The van der Waals surface area contributed by atoms with Gasteiger partial charge in [0.1, 0.15) is 11.6 Å². The first-order chi connectivity index (χ1) is 12.3. The van der Waals surface area contributed by atoms with E-state index in [-0.39, 0.29) is 24.8 Å². The minimum Gasteiger partial charge on any atom is -0.476 e. The Morgan fingerprint density at radius 1 is 1.23 bits per heavy atom. The molecule has 136 valence electrons. The zero-order valence-electron chi connectivity index (χ0n) is 15.0. The minimum absolute atomic E-state index is 0.0890. The van der Waals surface area contributed by atoms with Crippen LogP contribution in [0.15, 0.2) is 42.5 Å². The van der Waals surface area contributed by atoms with Crippen LogP contribution >= 0.6 is 0 Å². The highest BCUT2D eigenvalue weighted by Crippen LogP contribution is 2.38. The summed E-state index contributed by atoms with van der Waals surface area (Å²) in [5.74, 6) is -0.292. The maximum Gasteiger partial charge on any atom is 0.270 e. The molecule has 2 amide bonds. The van der Waals surface area contributed by atoms with Gasteiger partial charge in [-0.2, -0.15) is 0 Å². The van der Waals surface area contributed by atoms with Crippen LogP contribution in [0.25, 0.3) is 0 Å². The van der Waals surface area contributed by atoms with Crippen molar-refractivity contribution in [3.63, 3.8) is 0 Å². The highest BCUT2D eigenvalue weighted by molar-refractivity contribution is 6.03. The third-order valence-electron chi connectivity index (χ3n) is 4.20. The number of anilines is 2. The van der Waals surface area contributed by atoms with Crippen molar-refractivity contribution in [1.82, 2.24) is 0 Å². The topological polar surface area (TPSA) is 58.6 Å². The molecule has 5 nitrogen and oxygen atoms in total. The Hall–Kier alpha value is -2.89. The number of aryl methyl sites for hydroxylation is 1. The maximum atomic E-state index is 13.2. The molecule has 0 aromatic heterocycles. The molecule has 2 aromatic rings. The Morgan fingerprint density at radius 2 is 2.00 bits per heavy atom. The number of ether oxygens (including phenoxy) is 1. The number of hydrogen-bond acceptors (Lipinski definition) is 3. The van der Waals surface area contributed by atoms with Gasteiger partial charge in [0.25, 0.3) is 5.91 Å². The van der Waals surface area contributed by atoms with Crippen molar-refractivity contribution in [2.75, 3.05) is 16.8 Å². The number of rotatable bonds is 4. The van der Waals surface area contributed by atoms with Crippen LogP contribution in [0.1, 0.15) is 25.8 Å². The van der Waals surface area contributed by atoms with Crippen LogP contribution in [-0.4, -0.2) is 24.0 Å². The van der Waals surface area contributed by atoms with E-state index in [9.17, 15) is 14.0 Å². The van der Waals surface area contributed by atoms with Crippen LogP contribution in [0.3, 0.4) is 0 Å². The number of fused-ring (bicyclic) bond motifs is 1. The highest BCUT2D eigenvalue weighted by atomic mass is 19.1. The van der Waals surface area contributed by atoms with E-state index in [1.54, 1.807) is 24.8 Å². The average molecular weight is 356 g/mol. The zero-order valence-corrected chi connectivity index (χ0v) is 15.0. The number of nitrogens with zero attached hydrogens (tertiary/aromatic N) is 1. The lowest BCUT2D eigenvalue weighted by molar-refractivity contribution is -0.132. The van der Waals surface area contributed by atoms with Crippen molar-refractivity contribution in [2.24, 2.45) is 0 Å². The second-order valence-corrected chi connectivity index (χ2v) is 6.85. The van der Waals surface area contributed by atoms with Crippen LogP contribution in [0.2, 0.25) is 0 Å². The van der Waals surface area contributed by atoms with Gasteiger partial charge in [0.2, 0.25) is 5.91 Å². The largest absolute Gasteiger partial charge is 0.476 e. The second kappa shape index (κ2) is 6.78. The number of carbonyl (C=O) groups excluding carboxylic acids is 2. The van der Waals surface area contributed by atoms with Gasteiger partial charge in [0.05, 0.1) is 5.69 Å². The molecule has 26 heavy (non-hydrogen) atoms. The number of amides is 2. The monoisotopic (exact) mass is 356 g/mol. The molecule has 0 aliphatic carbocycles. The average Bonchev–Trinajstić information content (AvgIpc) is 2.56. The van der Waals surface area contributed by atoms with Crippen LogP contribution in [0, 0.1) is 12.7 Å². The fourth-order valence-corrected chi connectivity index (χ4v) is 2.90. The summed E-state index contributed by atoms with van der Waals surface area (Å²) in [6.07, 6.45) is 0.0890. The lowest BCUT2D eigenvalue weighted by Crippen LogP contribution is -2.53. The quantitative estimate of drug-likeness (QED) is 0.909. The van der Waals surface area contributed by atoms with Gasteiger partial charge in [-0.05, 0) is 56.7 Å². The van der Waals surface area contributed by atoms with Crippen LogP contribution in [0.5, 0.6) is 5.75 Å². The molecular formula is C20H21FN2O3. The number of nitrogens with one attached hydrogen (secondary N) is 1. The van der Waals surface area contributed by atoms with Crippen LogP contribution in [-0.2, 0) is 9.59 Å². The molecule has 0 radical (unpaired) electrons. The Kier molecular flexibility index (Phi) is 4.68. The van der Waals surface area contributed by atoms with E-state index in [0.717, 1.165) is 5.56 Å². The first-order valence-corrected chi connectivity index (χ1v) is 8.43. The standard InChI is InChI=1S/C20H21FN2O3/c1-13-7-8-17-16(11-13)23(19(25)20(2,3)26-17)10-9-18(24)22-15-6-4-5-14(21)12-15/h4-8,11-12H,9-10H2,1-3H3,(H,22,24). The lowest BCUT2D eigenvalue weighted by atomic mass is 10.0. The van der Waals surface area contributed by atoms with Gasteiger partial charge in [0, 0.05) is 18.7 Å². The number of carbonyl (C=O) groups is 2. The molecule has 2 aromatic carbocycles. The lowest BCUT2D eigenvalue weighted by Gasteiger charge is -2.38. The SMILES string of the molecule is Cc1ccc2c(c1)N(CCC(=O)Nc1cccc(F)c1)C(=O)C(C)(C)O2. The molecule has 0 bridgehead atoms. The van der Waals surface area contributed by atoms with Gasteiger partial charge >= 0.3 is 0 Å². The van der Waals surface area contributed by atoms with Gasteiger partial charge in [-0.3, -0.25) is 9.59 Å². The van der Waals surface area contributed by atoms with E-state index in [1.165, 1.54) is 18.2 Å². The summed E-state index contributed by atoms with van der Waals surface area (Å²) in [5.41, 5.74) is 1.04. The molecule has 6 heteroatoms. The van der Waals surface area contributed by atoms with Crippen molar-refractivity contribution >= 4 is 23.2 Å². The molecule has 0 spiro atoms. The summed E-state index contributed by atoms with van der Waals surface area (Å²) >= 11 is 0. The van der Waals surface area contributed by atoms with Crippen molar-refractivity contribution in [3.05, 3.63) is 53.8 Å². The fourth-order valence-electron chi connectivity index (χ4n) is 2.90. The van der Waals surface area contributed by atoms with Gasteiger partial charge in [0.15, 0.2) is 5.60 Å². The van der Waals surface area contributed by atoms with E-state index in [2.05, 4.69) is 5.32 Å². The Morgan fingerprint density at radius 3 is 2.73 bits per heavy atom. The Bertz CT molecular complexity index is 864. The Balaban J connectivity index is 1.75. The summed E-state index contributed by atoms with van der Waals surface area (Å²) in [6.45, 7) is 5.55. The molecule has 1 heterocycles. The van der Waals surface area contributed by atoms with Gasteiger partial charge < -0.3 is 15.0 Å². The van der Waals surface area contributed by atoms with Crippen molar-refractivity contribution in [3.8, 4) is 5.75 Å². The van der Waals surface area contributed by atoms with Crippen molar-refractivity contribution in [2.45, 2.75) is 32.8 Å². The molecule has 3 rings (SSSR count). The van der Waals surface area contributed by atoms with E-state index in [4.69, 9.17) is 4.74 Å². The van der Waals surface area contributed by atoms with Crippen molar-refractivity contribution < 1.29 is 18.7 Å². The number of hydrogen-bond donors (Lipinski definition) is 1. The zero-order chi connectivity index (χ0) is 18.9. The number of halogens is 1. The van der Waals surface area contributed by atoms with Gasteiger partial charge in [-0.25, -0.2) is 4.39 Å². The molecular weight excluding hydrogens is 335 g/mol. The smallest absolute Gasteiger partial charge is 0.270 e. The first kappa shape index (κ1) is 17.9. The summed E-state index contributed by atoms with van der Waals surface area (Å²) in [4.78, 5) is 26.5. The molecule has 0 unspecified atom stereocenters. The summed E-state index contributed by atoms with van der Waals surface area (Å²) < 4.78 is 19.0. The third-order valence-corrected chi connectivity index (χ3v) is 4.20. The van der Waals surface area contributed by atoms with Crippen molar-refractivity contribution in [1.29, 1.82) is 0 Å². The van der Waals surface area contributed by atoms with E-state index in [0.29, 0.717) is 17.1 Å². The molecule has 0 atom stereocenters. The van der Waals surface area contributed by atoms with Gasteiger partial charge in [-0.1, -0.05) is 12.1 Å². The normalized spacial score (nSPS) is 15.2. The molecule has 1 aliphatic heterocycles. The molecule has 1 aliphatic rings. The second-order valence-electron chi connectivity index (χ2n) is 6.85. The molecule has 1 N–H and O–H groups in total. The van der Waals surface area contributed by atoms with Crippen LogP contribution in [0.4, 0.5) is 15.8 Å². The first-order valence-electron chi connectivity index (χ1n) is 8.43. The van der Waals surface area contributed by atoms with E-state index < -0.39 is 11.4 Å². The molecule has 0 fully saturated rings. The summed E-state index contributed by atoms with van der Waals surface area (Å²) in [5, 5.41) is 2.65. The highest BCUT2D eigenvalue weighted by Gasteiger charge is 2.40. The third kappa shape index (κ3) is 3.69. The Labute approximate surface area is 151 Å². The van der Waals surface area contributed by atoms with Crippen LogP contribution < -0.4 is 15.0 Å².